The molecule has 1 fully saturated rings. The van der Waals surface area contributed by atoms with Gasteiger partial charge in [0.2, 0.25) is 0 Å². The highest BCUT2D eigenvalue weighted by atomic mass is 32.1. The number of H-pyrrole nitrogens is 1. The van der Waals surface area contributed by atoms with E-state index in [0.717, 1.165) is 56.5 Å². The summed E-state index contributed by atoms with van der Waals surface area (Å²) in [6.07, 6.45) is 4.04. The van der Waals surface area contributed by atoms with Gasteiger partial charge in [0.25, 0.3) is 0 Å². The summed E-state index contributed by atoms with van der Waals surface area (Å²) >= 11 is 5.52. The van der Waals surface area contributed by atoms with Gasteiger partial charge < -0.3 is 14.5 Å². The first kappa shape index (κ1) is 17.8. The molecule has 0 radical (unpaired) electrons. The smallest absolute Gasteiger partial charge is 0.177 e. The quantitative estimate of drug-likeness (QED) is 0.831. The number of hydrogen-bond donors (Lipinski definition) is 1. The summed E-state index contributed by atoms with van der Waals surface area (Å²) in [7, 11) is 2.15. The van der Waals surface area contributed by atoms with Crippen LogP contribution in [0.1, 0.15) is 29.3 Å². The van der Waals surface area contributed by atoms with Crippen LogP contribution in [0.5, 0.6) is 0 Å². The van der Waals surface area contributed by atoms with Gasteiger partial charge in [-0.1, -0.05) is 0 Å². The van der Waals surface area contributed by atoms with Crippen LogP contribution < -0.4 is 0 Å². The predicted octanol–water partition coefficient (Wildman–Crippen LogP) is 3.30. The number of aromatic amines is 1. The minimum absolute atomic E-state index is 0.143. The van der Waals surface area contributed by atoms with Gasteiger partial charge in [-0.3, -0.25) is 4.90 Å². The molecule has 2 aromatic rings. The van der Waals surface area contributed by atoms with Crippen LogP contribution in [0.2, 0.25) is 0 Å². The SMILES string of the molecule is CN1CCN(Cc2c[nH]c(=S)n2[C@H]2CCc3c(F)cc(F)cc3C2)CC1. The molecule has 1 N–H and O–H groups in total. The summed E-state index contributed by atoms with van der Waals surface area (Å²) in [6, 6.07) is 2.60. The summed E-state index contributed by atoms with van der Waals surface area (Å²) in [6.45, 7) is 5.07. The summed E-state index contributed by atoms with van der Waals surface area (Å²) < 4.78 is 30.5. The fourth-order valence-electron chi connectivity index (χ4n) is 4.18. The lowest BCUT2D eigenvalue weighted by atomic mass is 9.87. The summed E-state index contributed by atoms with van der Waals surface area (Å²) in [5.41, 5.74) is 2.59. The van der Waals surface area contributed by atoms with E-state index in [1.54, 1.807) is 0 Å². The van der Waals surface area contributed by atoms with E-state index in [0.29, 0.717) is 23.2 Å². The second kappa shape index (κ2) is 7.21. The number of nitrogens with one attached hydrogen (secondary N) is 1. The highest BCUT2D eigenvalue weighted by Crippen LogP contribution is 2.32. The Labute approximate surface area is 157 Å². The highest BCUT2D eigenvalue weighted by Gasteiger charge is 2.26. The topological polar surface area (TPSA) is 27.2 Å². The van der Waals surface area contributed by atoms with Gasteiger partial charge in [0, 0.05) is 51.0 Å². The van der Waals surface area contributed by atoms with Crippen LogP contribution in [0.4, 0.5) is 8.78 Å². The van der Waals surface area contributed by atoms with Gasteiger partial charge in [0.05, 0.1) is 5.69 Å². The van der Waals surface area contributed by atoms with Crippen molar-refractivity contribution >= 4 is 12.2 Å². The molecule has 1 aromatic heterocycles. The molecule has 1 aromatic carbocycles. The van der Waals surface area contributed by atoms with E-state index in [-0.39, 0.29) is 6.04 Å². The second-order valence-electron chi connectivity index (χ2n) is 7.46. The minimum atomic E-state index is -0.503. The Morgan fingerprint density at radius 1 is 1.19 bits per heavy atom. The number of rotatable bonds is 3. The van der Waals surface area contributed by atoms with E-state index in [9.17, 15) is 8.78 Å². The Hall–Kier alpha value is -1.57. The monoisotopic (exact) mass is 378 g/mol. The number of fused-ring (bicyclic) bond motifs is 1. The largest absolute Gasteiger partial charge is 0.337 e. The van der Waals surface area contributed by atoms with Crippen molar-refractivity contribution in [2.24, 2.45) is 0 Å². The third-order valence-corrected chi connectivity index (χ3v) is 5.99. The zero-order valence-corrected chi connectivity index (χ0v) is 15.8. The van der Waals surface area contributed by atoms with E-state index in [2.05, 4.69) is 26.4 Å². The normalized spacial score (nSPS) is 21.7. The molecule has 2 heterocycles. The number of imidazole rings is 1. The van der Waals surface area contributed by atoms with Gasteiger partial charge in [-0.05, 0) is 55.7 Å². The molecule has 0 bridgehead atoms. The first-order chi connectivity index (χ1) is 12.5. The van der Waals surface area contributed by atoms with Gasteiger partial charge in [0.15, 0.2) is 4.77 Å². The number of aromatic nitrogens is 2. The summed E-state index contributed by atoms with van der Waals surface area (Å²) in [5, 5.41) is 0. The van der Waals surface area contributed by atoms with Crippen LogP contribution in [0, 0.1) is 16.4 Å². The maximum absolute atomic E-state index is 14.0. The molecule has 0 saturated carbocycles. The van der Waals surface area contributed by atoms with Gasteiger partial charge >= 0.3 is 0 Å². The van der Waals surface area contributed by atoms with Crippen molar-refractivity contribution in [2.45, 2.75) is 31.8 Å². The Bertz CT molecular complexity index is 852. The van der Waals surface area contributed by atoms with E-state index in [1.165, 1.54) is 6.07 Å². The molecule has 1 aliphatic carbocycles. The molecule has 0 spiro atoms. The van der Waals surface area contributed by atoms with Crippen LogP contribution in [0.25, 0.3) is 0 Å². The average molecular weight is 378 g/mol. The molecule has 1 atom stereocenters. The van der Waals surface area contributed by atoms with Crippen molar-refractivity contribution in [1.29, 1.82) is 0 Å². The van der Waals surface area contributed by atoms with E-state index >= 15 is 0 Å². The Morgan fingerprint density at radius 3 is 2.73 bits per heavy atom. The van der Waals surface area contributed by atoms with Gasteiger partial charge in [-0.25, -0.2) is 8.78 Å². The number of piperazine rings is 1. The highest BCUT2D eigenvalue weighted by molar-refractivity contribution is 7.71. The third-order valence-electron chi connectivity index (χ3n) is 5.67. The minimum Gasteiger partial charge on any atom is -0.337 e. The van der Waals surface area contributed by atoms with Crippen molar-refractivity contribution in [3.8, 4) is 0 Å². The van der Waals surface area contributed by atoms with E-state index in [4.69, 9.17) is 12.2 Å². The maximum atomic E-state index is 14.0. The number of likely N-dealkylation sites (N-methyl/N-ethyl adjacent to an activating group) is 1. The van der Waals surface area contributed by atoms with Crippen LogP contribution >= 0.6 is 12.2 Å². The van der Waals surface area contributed by atoms with Gasteiger partial charge in [-0.15, -0.1) is 0 Å². The number of halogens is 2. The Morgan fingerprint density at radius 2 is 1.96 bits per heavy atom. The lowest BCUT2D eigenvalue weighted by Crippen LogP contribution is -2.44. The van der Waals surface area contributed by atoms with Crippen LogP contribution in [-0.2, 0) is 19.4 Å². The molecule has 4 rings (SSSR count). The maximum Gasteiger partial charge on any atom is 0.177 e. The van der Waals surface area contributed by atoms with Crippen molar-refractivity contribution in [3.63, 3.8) is 0 Å². The first-order valence-electron chi connectivity index (χ1n) is 9.18. The zero-order chi connectivity index (χ0) is 18.3. The van der Waals surface area contributed by atoms with Crippen LogP contribution in [0.15, 0.2) is 18.3 Å². The average Bonchev–Trinajstić information content (AvgIpc) is 2.96. The molecule has 2 aliphatic rings. The summed E-state index contributed by atoms with van der Waals surface area (Å²) in [4.78, 5) is 7.94. The molecule has 7 heteroatoms. The fraction of sp³-hybridized carbons (Fsp3) is 0.526. The molecule has 4 nitrogen and oxygen atoms in total. The van der Waals surface area contributed by atoms with E-state index in [1.807, 2.05) is 6.20 Å². The van der Waals surface area contributed by atoms with Gasteiger partial charge in [-0.2, -0.15) is 0 Å². The van der Waals surface area contributed by atoms with Crippen molar-refractivity contribution in [3.05, 3.63) is 51.6 Å². The molecular formula is C19H24F2N4S. The first-order valence-corrected chi connectivity index (χ1v) is 9.58. The third kappa shape index (κ3) is 3.48. The van der Waals surface area contributed by atoms with E-state index < -0.39 is 11.6 Å². The number of benzene rings is 1. The van der Waals surface area contributed by atoms with Crippen LogP contribution in [0.3, 0.4) is 0 Å². The lowest BCUT2D eigenvalue weighted by molar-refractivity contribution is 0.144. The molecule has 1 aliphatic heterocycles. The fourth-order valence-corrected chi connectivity index (χ4v) is 4.50. The molecular weight excluding hydrogens is 354 g/mol. The molecule has 1 saturated heterocycles. The molecule has 0 unspecified atom stereocenters. The van der Waals surface area contributed by atoms with Crippen molar-refractivity contribution < 1.29 is 8.78 Å². The predicted molar refractivity (Wildman–Crippen MR) is 99.8 cm³/mol. The van der Waals surface area contributed by atoms with Gasteiger partial charge in [0.1, 0.15) is 11.6 Å². The molecule has 26 heavy (non-hydrogen) atoms. The zero-order valence-electron chi connectivity index (χ0n) is 15.0. The molecule has 140 valence electrons. The molecule has 0 amide bonds. The second-order valence-corrected chi connectivity index (χ2v) is 7.84. The van der Waals surface area contributed by atoms with Crippen molar-refractivity contribution in [2.75, 3.05) is 33.2 Å². The van der Waals surface area contributed by atoms with Crippen molar-refractivity contribution in [1.82, 2.24) is 19.4 Å². The Balaban J connectivity index is 1.57. The Kier molecular flexibility index (Phi) is 4.94. The standard InChI is InChI=1S/C19H24F2N4S/c1-23-4-6-24(7-5-23)12-16-11-22-19(26)25(16)15-2-3-17-13(9-15)8-14(20)10-18(17)21/h8,10-11,15H,2-7,9,12H2,1H3,(H,22,26)/t15-/m0/s1. The number of nitrogens with zero attached hydrogens (tertiary/aromatic N) is 3. The number of hydrogen-bond acceptors (Lipinski definition) is 3. The summed E-state index contributed by atoms with van der Waals surface area (Å²) in [5.74, 6) is -0.925. The lowest BCUT2D eigenvalue weighted by Gasteiger charge is -2.33. The van der Waals surface area contributed by atoms with Crippen LogP contribution in [-0.4, -0.2) is 52.6 Å².